The summed E-state index contributed by atoms with van der Waals surface area (Å²) in [5.74, 6) is -0.794. The Hall–Kier alpha value is -4.46. The number of carbonyl (C=O) groups is 3. The molecule has 0 radical (unpaired) electrons. The SMILES string of the molecule is CC(C)C[C@H](NC(=O)OCc1ccccc1)C(=O)NC(C=NCc1ccccc1)C(=O)NCc1ccccc1. The fourth-order valence-corrected chi connectivity index (χ4v) is 3.78. The van der Waals surface area contributed by atoms with Gasteiger partial charge in [0.05, 0.1) is 6.54 Å². The van der Waals surface area contributed by atoms with E-state index in [-0.39, 0.29) is 12.5 Å². The van der Waals surface area contributed by atoms with Crippen molar-refractivity contribution in [2.45, 2.75) is 52.0 Å². The molecule has 3 aromatic rings. The largest absolute Gasteiger partial charge is 0.445 e. The van der Waals surface area contributed by atoms with Crippen LogP contribution in [-0.2, 0) is 34.0 Å². The van der Waals surface area contributed by atoms with Crippen LogP contribution in [0.4, 0.5) is 4.79 Å². The monoisotopic (exact) mass is 528 g/mol. The second kappa shape index (κ2) is 15.7. The van der Waals surface area contributed by atoms with Crippen LogP contribution in [0.15, 0.2) is 96.0 Å². The highest BCUT2D eigenvalue weighted by molar-refractivity contribution is 6.02. The quantitative estimate of drug-likeness (QED) is 0.286. The summed E-state index contributed by atoms with van der Waals surface area (Å²) in [6.07, 6.45) is 1.10. The van der Waals surface area contributed by atoms with Crippen molar-refractivity contribution in [1.29, 1.82) is 0 Å². The number of benzene rings is 3. The molecule has 0 heterocycles. The Morgan fingerprint density at radius 1 is 0.769 bits per heavy atom. The summed E-state index contributed by atoms with van der Waals surface area (Å²) in [4.78, 5) is 43.3. The summed E-state index contributed by atoms with van der Waals surface area (Å²) in [7, 11) is 0. The van der Waals surface area contributed by atoms with Gasteiger partial charge >= 0.3 is 6.09 Å². The second-order valence-corrected chi connectivity index (χ2v) is 9.55. The average Bonchev–Trinajstić information content (AvgIpc) is 2.95. The van der Waals surface area contributed by atoms with Crippen molar-refractivity contribution < 1.29 is 19.1 Å². The number of nitrogens with zero attached hydrogens (tertiary/aromatic N) is 1. The third kappa shape index (κ3) is 10.8. The standard InChI is InChI=1S/C31H36N4O4/c1-23(2)18-27(35-31(38)39-22-26-16-10-5-11-17-26)30(37)34-28(21-32-19-24-12-6-3-7-13-24)29(36)33-20-25-14-8-4-9-15-25/h3-17,21,23,27-28H,18-20,22H2,1-2H3,(H,33,36)(H,34,37)(H,35,38)/t27-,28?/m0/s1. The lowest BCUT2D eigenvalue weighted by Gasteiger charge is -2.22. The molecule has 0 aliphatic carbocycles. The van der Waals surface area contributed by atoms with Gasteiger partial charge in [-0.25, -0.2) is 4.79 Å². The highest BCUT2D eigenvalue weighted by Gasteiger charge is 2.27. The summed E-state index contributed by atoms with van der Waals surface area (Å²) in [5.41, 5.74) is 2.74. The minimum absolute atomic E-state index is 0.0827. The zero-order valence-electron chi connectivity index (χ0n) is 22.4. The van der Waals surface area contributed by atoms with Crippen molar-refractivity contribution in [3.63, 3.8) is 0 Å². The fraction of sp³-hybridized carbons (Fsp3) is 0.290. The number of ether oxygens (including phenoxy) is 1. The molecule has 0 aliphatic rings. The lowest BCUT2D eigenvalue weighted by atomic mass is 10.0. The van der Waals surface area contributed by atoms with Crippen LogP contribution < -0.4 is 16.0 Å². The lowest BCUT2D eigenvalue weighted by Crippen LogP contribution is -2.54. The number of hydrogen-bond donors (Lipinski definition) is 3. The Kier molecular flexibility index (Phi) is 11.7. The van der Waals surface area contributed by atoms with Crippen LogP contribution in [0.25, 0.3) is 0 Å². The maximum atomic E-state index is 13.3. The molecule has 3 rings (SSSR count). The van der Waals surface area contributed by atoms with E-state index in [1.807, 2.05) is 105 Å². The predicted molar refractivity (Wildman–Crippen MR) is 152 cm³/mol. The highest BCUT2D eigenvalue weighted by atomic mass is 16.5. The number of nitrogens with one attached hydrogen (secondary N) is 3. The third-order valence-corrected chi connectivity index (χ3v) is 5.79. The first-order valence-corrected chi connectivity index (χ1v) is 13.0. The van der Waals surface area contributed by atoms with Gasteiger partial charge in [-0.05, 0) is 29.0 Å². The average molecular weight is 529 g/mol. The van der Waals surface area contributed by atoms with E-state index in [1.165, 1.54) is 6.21 Å². The zero-order valence-corrected chi connectivity index (χ0v) is 22.4. The first kappa shape index (κ1) is 29.1. The van der Waals surface area contributed by atoms with E-state index in [4.69, 9.17) is 4.74 Å². The molecular weight excluding hydrogens is 492 g/mol. The molecular formula is C31H36N4O4. The van der Waals surface area contributed by atoms with Crippen LogP contribution in [0.3, 0.4) is 0 Å². The first-order chi connectivity index (χ1) is 18.9. The minimum Gasteiger partial charge on any atom is -0.445 e. The van der Waals surface area contributed by atoms with Gasteiger partial charge in [-0.3, -0.25) is 14.6 Å². The van der Waals surface area contributed by atoms with Crippen molar-refractivity contribution in [1.82, 2.24) is 16.0 Å². The van der Waals surface area contributed by atoms with Gasteiger partial charge in [0.1, 0.15) is 18.7 Å². The molecule has 3 amide bonds. The van der Waals surface area contributed by atoms with Crippen molar-refractivity contribution in [2.75, 3.05) is 0 Å². The van der Waals surface area contributed by atoms with E-state index >= 15 is 0 Å². The van der Waals surface area contributed by atoms with Crippen LogP contribution in [0, 0.1) is 5.92 Å². The fourth-order valence-electron chi connectivity index (χ4n) is 3.78. The van der Waals surface area contributed by atoms with Gasteiger partial charge in [0.15, 0.2) is 0 Å². The topological polar surface area (TPSA) is 109 Å². The van der Waals surface area contributed by atoms with E-state index in [1.54, 1.807) is 0 Å². The molecule has 8 nitrogen and oxygen atoms in total. The van der Waals surface area contributed by atoms with Crippen LogP contribution >= 0.6 is 0 Å². The van der Waals surface area contributed by atoms with Crippen LogP contribution in [0.1, 0.15) is 37.0 Å². The number of rotatable bonds is 13. The van der Waals surface area contributed by atoms with Crippen molar-refractivity contribution in [3.05, 3.63) is 108 Å². The van der Waals surface area contributed by atoms with Gasteiger partial charge in [0, 0.05) is 12.8 Å². The number of alkyl carbamates (subject to hydrolysis) is 1. The number of amides is 3. The molecule has 0 saturated carbocycles. The Labute approximate surface area is 229 Å². The maximum Gasteiger partial charge on any atom is 0.408 e. The van der Waals surface area contributed by atoms with Crippen molar-refractivity contribution in [3.8, 4) is 0 Å². The van der Waals surface area contributed by atoms with Crippen LogP contribution in [-0.4, -0.2) is 36.2 Å². The van der Waals surface area contributed by atoms with Gasteiger partial charge in [-0.1, -0.05) is 105 Å². The van der Waals surface area contributed by atoms with E-state index < -0.39 is 30.0 Å². The van der Waals surface area contributed by atoms with Gasteiger partial charge in [0.2, 0.25) is 11.8 Å². The predicted octanol–water partition coefficient (Wildman–Crippen LogP) is 4.40. The Bertz CT molecular complexity index is 1200. The number of aliphatic imine (C=N–C) groups is 1. The first-order valence-electron chi connectivity index (χ1n) is 13.0. The third-order valence-electron chi connectivity index (χ3n) is 5.79. The number of carbonyl (C=O) groups excluding carboxylic acids is 3. The van der Waals surface area contributed by atoms with E-state index in [0.717, 1.165) is 16.7 Å². The zero-order chi connectivity index (χ0) is 27.9. The molecule has 1 unspecified atom stereocenters. The Morgan fingerprint density at radius 3 is 1.92 bits per heavy atom. The van der Waals surface area contributed by atoms with Crippen LogP contribution in [0.5, 0.6) is 0 Å². The normalized spacial score (nSPS) is 12.5. The molecule has 0 saturated heterocycles. The maximum absolute atomic E-state index is 13.3. The van der Waals surface area contributed by atoms with E-state index in [0.29, 0.717) is 19.5 Å². The molecule has 0 spiro atoms. The minimum atomic E-state index is -1.03. The van der Waals surface area contributed by atoms with E-state index in [9.17, 15) is 14.4 Å². The molecule has 0 aliphatic heterocycles. The molecule has 3 aromatic carbocycles. The summed E-state index contributed by atoms with van der Waals surface area (Å²) in [6.45, 7) is 4.64. The lowest BCUT2D eigenvalue weighted by molar-refractivity contribution is -0.128. The van der Waals surface area contributed by atoms with E-state index in [2.05, 4.69) is 20.9 Å². The van der Waals surface area contributed by atoms with Gasteiger partial charge in [0.25, 0.3) is 0 Å². The highest BCUT2D eigenvalue weighted by Crippen LogP contribution is 2.08. The summed E-state index contributed by atoms with van der Waals surface area (Å²) < 4.78 is 5.31. The molecule has 204 valence electrons. The van der Waals surface area contributed by atoms with Crippen molar-refractivity contribution in [2.24, 2.45) is 10.9 Å². The molecule has 0 aromatic heterocycles. The van der Waals surface area contributed by atoms with Gasteiger partial charge in [-0.2, -0.15) is 0 Å². The second-order valence-electron chi connectivity index (χ2n) is 9.55. The molecule has 3 N–H and O–H groups in total. The molecule has 39 heavy (non-hydrogen) atoms. The van der Waals surface area contributed by atoms with Gasteiger partial charge < -0.3 is 20.7 Å². The molecule has 0 bridgehead atoms. The Morgan fingerprint density at radius 2 is 1.33 bits per heavy atom. The van der Waals surface area contributed by atoms with Crippen molar-refractivity contribution >= 4 is 24.1 Å². The molecule has 2 atom stereocenters. The molecule has 8 heteroatoms. The smallest absolute Gasteiger partial charge is 0.408 e. The summed E-state index contributed by atoms with van der Waals surface area (Å²) in [6, 6.07) is 26.5. The van der Waals surface area contributed by atoms with Crippen LogP contribution in [0.2, 0.25) is 0 Å². The molecule has 0 fully saturated rings. The Balaban J connectivity index is 1.66. The number of hydrogen-bond acceptors (Lipinski definition) is 5. The summed E-state index contributed by atoms with van der Waals surface area (Å²) in [5, 5.41) is 8.26. The summed E-state index contributed by atoms with van der Waals surface area (Å²) >= 11 is 0. The van der Waals surface area contributed by atoms with Gasteiger partial charge in [-0.15, -0.1) is 0 Å².